The maximum Gasteiger partial charge on any atom is 0.268 e. The van der Waals surface area contributed by atoms with Crippen molar-refractivity contribution in [1.82, 2.24) is 9.88 Å². The van der Waals surface area contributed by atoms with Crippen LogP contribution < -0.4 is 11.1 Å². The first-order valence-electron chi connectivity index (χ1n) is 4.60. The Morgan fingerprint density at radius 2 is 2.40 bits per heavy atom. The van der Waals surface area contributed by atoms with Gasteiger partial charge in [-0.3, -0.25) is 4.79 Å². The second-order valence-corrected chi connectivity index (χ2v) is 3.99. The summed E-state index contributed by atoms with van der Waals surface area (Å²) >= 11 is 3.31. The van der Waals surface area contributed by atoms with Gasteiger partial charge in [0, 0.05) is 30.8 Å². The second-order valence-electron chi connectivity index (χ2n) is 3.07. The number of amides is 1. The highest BCUT2D eigenvalue weighted by Gasteiger charge is 2.09. The lowest BCUT2D eigenvalue weighted by Gasteiger charge is -2.02. The minimum atomic E-state index is -0.0927. The zero-order chi connectivity index (χ0) is 11.3. The molecule has 0 aliphatic carbocycles. The molecule has 3 N–H and O–H groups in total. The van der Waals surface area contributed by atoms with E-state index in [0.717, 1.165) is 4.47 Å². The van der Waals surface area contributed by atoms with E-state index in [9.17, 15) is 4.79 Å². The molecule has 0 fully saturated rings. The molecule has 1 rings (SSSR count). The highest BCUT2D eigenvalue weighted by Crippen LogP contribution is 2.13. The van der Waals surface area contributed by atoms with Crippen molar-refractivity contribution in [2.24, 2.45) is 12.8 Å². The van der Waals surface area contributed by atoms with E-state index in [1.54, 1.807) is 16.7 Å². The van der Waals surface area contributed by atoms with Gasteiger partial charge in [-0.1, -0.05) is 12.2 Å². The van der Waals surface area contributed by atoms with Crippen LogP contribution in [-0.4, -0.2) is 23.6 Å². The summed E-state index contributed by atoms with van der Waals surface area (Å²) in [6.07, 6.45) is 5.47. The lowest BCUT2D eigenvalue weighted by molar-refractivity contribution is 0.0950. The van der Waals surface area contributed by atoms with E-state index < -0.39 is 0 Å². The Morgan fingerprint density at radius 1 is 1.67 bits per heavy atom. The minimum absolute atomic E-state index is 0.0927. The SMILES string of the molecule is Cn1cc(Br)cc1C(=O)NC/C=C/CN. The largest absolute Gasteiger partial charge is 0.347 e. The molecule has 4 nitrogen and oxygen atoms in total. The average Bonchev–Trinajstić information content (AvgIpc) is 2.52. The number of aromatic nitrogens is 1. The van der Waals surface area contributed by atoms with Crippen LogP contribution in [0.4, 0.5) is 0 Å². The summed E-state index contributed by atoms with van der Waals surface area (Å²) < 4.78 is 2.67. The van der Waals surface area contributed by atoms with Gasteiger partial charge in [-0.05, 0) is 22.0 Å². The van der Waals surface area contributed by atoms with Gasteiger partial charge in [-0.15, -0.1) is 0 Å². The number of carbonyl (C=O) groups is 1. The molecule has 0 saturated heterocycles. The molecule has 82 valence electrons. The molecule has 0 spiro atoms. The first kappa shape index (κ1) is 12.0. The number of nitrogens with two attached hydrogens (primary N) is 1. The van der Waals surface area contributed by atoms with Gasteiger partial charge in [0.15, 0.2) is 0 Å². The van der Waals surface area contributed by atoms with Crippen LogP contribution in [-0.2, 0) is 7.05 Å². The maximum atomic E-state index is 11.6. The van der Waals surface area contributed by atoms with Crippen molar-refractivity contribution < 1.29 is 4.79 Å². The third-order valence-corrected chi connectivity index (χ3v) is 2.32. The van der Waals surface area contributed by atoms with Crippen molar-refractivity contribution in [3.05, 3.63) is 34.6 Å². The Labute approximate surface area is 97.3 Å². The summed E-state index contributed by atoms with van der Waals surface area (Å²) in [5, 5.41) is 2.76. The molecule has 0 bridgehead atoms. The van der Waals surface area contributed by atoms with Crippen molar-refractivity contribution in [3.8, 4) is 0 Å². The molecular formula is C10H14BrN3O. The molecule has 1 heterocycles. The summed E-state index contributed by atoms with van der Waals surface area (Å²) in [4.78, 5) is 11.6. The van der Waals surface area contributed by atoms with E-state index >= 15 is 0 Å². The Bertz CT molecular complexity index is 371. The second kappa shape index (κ2) is 5.72. The number of halogens is 1. The maximum absolute atomic E-state index is 11.6. The number of aryl methyl sites for hydroxylation is 1. The molecule has 15 heavy (non-hydrogen) atoms. The normalized spacial score (nSPS) is 10.9. The molecule has 0 aliphatic rings. The Hall–Kier alpha value is -1.07. The summed E-state index contributed by atoms with van der Waals surface area (Å²) in [5.41, 5.74) is 5.90. The van der Waals surface area contributed by atoms with Gasteiger partial charge >= 0.3 is 0 Å². The summed E-state index contributed by atoms with van der Waals surface area (Å²) in [6.45, 7) is 0.990. The van der Waals surface area contributed by atoms with Crippen LogP contribution in [0.2, 0.25) is 0 Å². The first-order valence-corrected chi connectivity index (χ1v) is 5.39. The molecule has 0 radical (unpaired) electrons. The quantitative estimate of drug-likeness (QED) is 0.804. The van der Waals surface area contributed by atoms with Crippen LogP contribution in [0.1, 0.15) is 10.5 Å². The molecule has 0 aromatic carbocycles. The minimum Gasteiger partial charge on any atom is -0.347 e. The first-order chi connectivity index (χ1) is 7.15. The molecule has 0 atom stereocenters. The van der Waals surface area contributed by atoms with Crippen LogP contribution >= 0.6 is 15.9 Å². The summed E-state index contributed by atoms with van der Waals surface area (Å²) in [5.74, 6) is -0.0927. The van der Waals surface area contributed by atoms with E-state index in [0.29, 0.717) is 18.8 Å². The number of nitrogens with one attached hydrogen (secondary N) is 1. The lowest BCUT2D eigenvalue weighted by atomic mass is 10.4. The molecule has 1 amide bonds. The molecule has 5 heteroatoms. The fourth-order valence-electron chi connectivity index (χ4n) is 1.17. The number of rotatable bonds is 4. The zero-order valence-electron chi connectivity index (χ0n) is 8.53. The Morgan fingerprint density at radius 3 is 2.93 bits per heavy atom. The number of nitrogens with zero attached hydrogens (tertiary/aromatic N) is 1. The number of hydrogen-bond donors (Lipinski definition) is 2. The predicted molar refractivity (Wildman–Crippen MR) is 63.6 cm³/mol. The van der Waals surface area contributed by atoms with Crippen LogP contribution in [0.15, 0.2) is 28.9 Å². The number of carbonyl (C=O) groups excluding carboxylic acids is 1. The third kappa shape index (κ3) is 3.53. The molecule has 0 unspecified atom stereocenters. The third-order valence-electron chi connectivity index (χ3n) is 1.89. The fraction of sp³-hybridized carbons (Fsp3) is 0.300. The fourth-order valence-corrected chi connectivity index (χ4v) is 1.70. The van der Waals surface area contributed by atoms with E-state index in [4.69, 9.17) is 5.73 Å². The van der Waals surface area contributed by atoms with Gasteiger partial charge in [0.05, 0.1) is 0 Å². The van der Waals surface area contributed by atoms with E-state index in [1.165, 1.54) is 0 Å². The van der Waals surface area contributed by atoms with Crippen molar-refractivity contribution in [2.75, 3.05) is 13.1 Å². The highest BCUT2D eigenvalue weighted by atomic mass is 79.9. The molecule has 0 aliphatic heterocycles. The lowest BCUT2D eigenvalue weighted by Crippen LogP contribution is -2.25. The molecule has 1 aromatic heterocycles. The van der Waals surface area contributed by atoms with Crippen LogP contribution in [0.25, 0.3) is 0 Å². The topological polar surface area (TPSA) is 60.0 Å². The molecular weight excluding hydrogens is 258 g/mol. The number of hydrogen-bond acceptors (Lipinski definition) is 2. The molecule has 1 aromatic rings. The zero-order valence-corrected chi connectivity index (χ0v) is 10.1. The van der Waals surface area contributed by atoms with Crippen LogP contribution in [0.3, 0.4) is 0 Å². The van der Waals surface area contributed by atoms with E-state index in [2.05, 4.69) is 21.2 Å². The summed E-state index contributed by atoms with van der Waals surface area (Å²) in [7, 11) is 1.83. The average molecular weight is 272 g/mol. The van der Waals surface area contributed by atoms with E-state index in [1.807, 2.05) is 19.3 Å². The monoisotopic (exact) mass is 271 g/mol. The highest BCUT2D eigenvalue weighted by molar-refractivity contribution is 9.10. The van der Waals surface area contributed by atoms with Crippen molar-refractivity contribution in [3.63, 3.8) is 0 Å². The van der Waals surface area contributed by atoms with Crippen LogP contribution in [0, 0.1) is 0 Å². The molecule has 0 saturated carbocycles. The van der Waals surface area contributed by atoms with Gasteiger partial charge in [-0.2, -0.15) is 0 Å². The van der Waals surface area contributed by atoms with Gasteiger partial charge in [-0.25, -0.2) is 0 Å². The van der Waals surface area contributed by atoms with E-state index in [-0.39, 0.29) is 5.91 Å². The van der Waals surface area contributed by atoms with Gasteiger partial charge in [0.25, 0.3) is 5.91 Å². The smallest absolute Gasteiger partial charge is 0.268 e. The van der Waals surface area contributed by atoms with Gasteiger partial charge in [0.1, 0.15) is 5.69 Å². The Kier molecular flexibility index (Phi) is 4.58. The summed E-state index contributed by atoms with van der Waals surface area (Å²) in [6, 6.07) is 1.78. The van der Waals surface area contributed by atoms with Crippen molar-refractivity contribution in [2.45, 2.75) is 0 Å². The standard InChI is InChI=1S/C10H14BrN3O/c1-14-7-8(11)6-9(14)10(15)13-5-3-2-4-12/h2-3,6-7H,4-5,12H2,1H3,(H,13,15)/b3-2+. The predicted octanol–water partition coefficient (Wildman–Crippen LogP) is 1.03. The van der Waals surface area contributed by atoms with Crippen molar-refractivity contribution in [1.29, 1.82) is 0 Å². The van der Waals surface area contributed by atoms with Gasteiger partial charge in [0.2, 0.25) is 0 Å². The Balaban J connectivity index is 2.54. The van der Waals surface area contributed by atoms with Gasteiger partial charge < -0.3 is 15.6 Å². The van der Waals surface area contributed by atoms with Crippen LogP contribution in [0.5, 0.6) is 0 Å². The van der Waals surface area contributed by atoms with Crippen molar-refractivity contribution >= 4 is 21.8 Å².